The number of benzene rings is 2. The number of nitrogens with zero attached hydrogens (tertiary/aromatic N) is 2. The van der Waals surface area contributed by atoms with Crippen LogP contribution >= 0.6 is 0 Å². The molecule has 0 fully saturated rings. The largest absolute Gasteiger partial charge is 0.463 e. The molecular formula is C23H20N2O3. The molecule has 2 aromatic heterocycles. The minimum Gasteiger partial charge on any atom is -0.463 e. The molecule has 0 aliphatic rings. The highest BCUT2D eigenvalue weighted by molar-refractivity contribution is 5.97. The van der Waals surface area contributed by atoms with Crippen molar-refractivity contribution in [3.05, 3.63) is 72.6 Å². The second kappa shape index (κ2) is 7.56. The van der Waals surface area contributed by atoms with Gasteiger partial charge >= 0.3 is 5.97 Å². The summed E-state index contributed by atoms with van der Waals surface area (Å²) in [7, 11) is 1.97. The van der Waals surface area contributed by atoms with Gasteiger partial charge in [0.2, 0.25) is 0 Å². The summed E-state index contributed by atoms with van der Waals surface area (Å²) in [5.74, 6) is 1.10. The van der Waals surface area contributed by atoms with Gasteiger partial charge in [-0.1, -0.05) is 12.1 Å². The van der Waals surface area contributed by atoms with E-state index in [1.165, 1.54) is 6.08 Å². The fourth-order valence-corrected chi connectivity index (χ4v) is 3.25. The second-order valence-corrected chi connectivity index (χ2v) is 6.39. The van der Waals surface area contributed by atoms with Crippen LogP contribution in [0.3, 0.4) is 0 Å². The van der Waals surface area contributed by atoms with E-state index in [1.54, 1.807) is 19.2 Å². The number of aromatic nitrogens is 2. The van der Waals surface area contributed by atoms with E-state index >= 15 is 0 Å². The molecule has 0 unspecified atom stereocenters. The van der Waals surface area contributed by atoms with Gasteiger partial charge in [0, 0.05) is 41.9 Å². The minimum atomic E-state index is -0.361. The van der Waals surface area contributed by atoms with Crippen molar-refractivity contribution in [1.29, 1.82) is 0 Å². The summed E-state index contributed by atoms with van der Waals surface area (Å²) < 4.78 is 13.2. The number of hydrogen-bond acceptors (Lipinski definition) is 4. The van der Waals surface area contributed by atoms with Crippen LogP contribution in [0.5, 0.6) is 11.5 Å². The third kappa shape index (κ3) is 3.47. The molecule has 0 radical (unpaired) electrons. The fourth-order valence-electron chi connectivity index (χ4n) is 3.25. The Kier molecular flexibility index (Phi) is 4.81. The Morgan fingerprint density at radius 2 is 2.07 bits per heavy atom. The number of carbonyl (C=O) groups excluding carboxylic acids is 1. The molecule has 0 N–H and O–H groups in total. The number of ether oxygens (including phenoxy) is 2. The lowest BCUT2D eigenvalue weighted by Gasteiger charge is -2.09. The van der Waals surface area contributed by atoms with Crippen molar-refractivity contribution in [3.8, 4) is 11.5 Å². The summed E-state index contributed by atoms with van der Waals surface area (Å²) >= 11 is 0. The molecule has 0 atom stereocenters. The molecule has 0 aliphatic heterocycles. The first kappa shape index (κ1) is 17.8. The number of carbonyl (C=O) groups is 1. The summed E-state index contributed by atoms with van der Waals surface area (Å²) in [4.78, 5) is 16.0. The molecule has 0 aliphatic carbocycles. The number of hydrogen-bond donors (Lipinski definition) is 0. The van der Waals surface area contributed by atoms with Crippen molar-refractivity contribution in [2.24, 2.45) is 7.05 Å². The first-order valence-electron chi connectivity index (χ1n) is 9.11. The van der Waals surface area contributed by atoms with Gasteiger partial charge in [0.25, 0.3) is 0 Å². The molecule has 0 spiro atoms. The predicted molar refractivity (Wildman–Crippen MR) is 110 cm³/mol. The number of esters is 1. The maximum atomic E-state index is 11.7. The molecule has 4 rings (SSSR count). The Bertz CT molecular complexity index is 1190. The van der Waals surface area contributed by atoms with Gasteiger partial charge in [-0.15, -0.1) is 0 Å². The summed E-state index contributed by atoms with van der Waals surface area (Å²) in [5.41, 5.74) is 2.83. The summed E-state index contributed by atoms with van der Waals surface area (Å²) in [6.07, 6.45) is 6.95. The molecular weight excluding hydrogens is 352 g/mol. The molecule has 5 heteroatoms. The van der Waals surface area contributed by atoms with E-state index in [1.807, 2.05) is 66.3 Å². The average molecular weight is 372 g/mol. The summed E-state index contributed by atoms with van der Waals surface area (Å²) in [5, 5.41) is 1.96. The average Bonchev–Trinajstić information content (AvgIpc) is 3.03. The van der Waals surface area contributed by atoms with Crippen LogP contribution in [0.2, 0.25) is 0 Å². The zero-order valence-electron chi connectivity index (χ0n) is 15.8. The van der Waals surface area contributed by atoms with Crippen LogP contribution in [0.4, 0.5) is 0 Å². The van der Waals surface area contributed by atoms with E-state index in [0.29, 0.717) is 6.61 Å². The predicted octanol–water partition coefficient (Wildman–Crippen LogP) is 5.10. The van der Waals surface area contributed by atoms with E-state index < -0.39 is 0 Å². The van der Waals surface area contributed by atoms with Crippen LogP contribution in [-0.4, -0.2) is 22.1 Å². The SMILES string of the molecule is CCOC(=O)/C=C/c1cn(C)c2cccc(Oc3ccc4ncccc4c3)c12. The molecule has 28 heavy (non-hydrogen) atoms. The Labute approximate surface area is 162 Å². The van der Waals surface area contributed by atoms with Gasteiger partial charge in [0.15, 0.2) is 0 Å². The molecule has 2 heterocycles. The molecule has 0 amide bonds. The third-order valence-electron chi connectivity index (χ3n) is 4.49. The third-order valence-corrected chi connectivity index (χ3v) is 4.49. The van der Waals surface area contributed by atoms with E-state index in [2.05, 4.69) is 4.98 Å². The van der Waals surface area contributed by atoms with Crippen molar-refractivity contribution in [1.82, 2.24) is 9.55 Å². The van der Waals surface area contributed by atoms with Gasteiger partial charge in [0.05, 0.1) is 17.6 Å². The first-order valence-corrected chi connectivity index (χ1v) is 9.11. The maximum absolute atomic E-state index is 11.7. The van der Waals surface area contributed by atoms with E-state index in [9.17, 15) is 4.79 Å². The zero-order chi connectivity index (χ0) is 19.5. The lowest BCUT2D eigenvalue weighted by Crippen LogP contribution is -1.98. The van der Waals surface area contributed by atoms with Crippen LogP contribution in [0.15, 0.2) is 67.0 Å². The zero-order valence-corrected chi connectivity index (χ0v) is 15.8. The molecule has 0 saturated carbocycles. The fraction of sp³-hybridized carbons (Fsp3) is 0.130. The second-order valence-electron chi connectivity index (χ2n) is 6.39. The van der Waals surface area contributed by atoms with Crippen molar-refractivity contribution in [2.45, 2.75) is 6.92 Å². The van der Waals surface area contributed by atoms with Gasteiger partial charge in [-0.3, -0.25) is 4.98 Å². The highest BCUT2D eigenvalue weighted by Crippen LogP contribution is 2.34. The van der Waals surface area contributed by atoms with Crippen molar-refractivity contribution in [3.63, 3.8) is 0 Å². The van der Waals surface area contributed by atoms with E-state index in [-0.39, 0.29) is 5.97 Å². The van der Waals surface area contributed by atoms with Crippen molar-refractivity contribution in [2.75, 3.05) is 6.61 Å². The Hall–Kier alpha value is -3.60. The quantitative estimate of drug-likeness (QED) is 0.361. The number of aryl methyl sites for hydroxylation is 1. The summed E-state index contributed by atoms with van der Waals surface area (Å²) in [6.45, 7) is 2.14. The lowest BCUT2D eigenvalue weighted by molar-refractivity contribution is -0.137. The molecule has 0 bridgehead atoms. The molecule has 5 nitrogen and oxygen atoms in total. The number of rotatable bonds is 5. The normalized spacial score (nSPS) is 11.4. The summed E-state index contributed by atoms with van der Waals surface area (Å²) in [6, 6.07) is 15.6. The van der Waals surface area contributed by atoms with Crippen molar-refractivity contribution < 1.29 is 14.3 Å². The van der Waals surface area contributed by atoms with Gasteiger partial charge in [-0.25, -0.2) is 4.79 Å². The van der Waals surface area contributed by atoms with Crippen LogP contribution in [0.25, 0.3) is 27.9 Å². The Morgan fingerprint density at radius 3 is 2.93 bits per heavy atom. The molecule has 140 valence electrons. The van der Waals surface area contributed by atoms with Gasteiger partial charge < -0.3 is 14.0 Å². The monoisotopic (exact) mass is 372 g/mol. The lowest BCUT2D eigenvalue weighted by atomic mass is 10.1. The minimum absolute atomic E-state index is 0.351. The van der Waals surface area contributed by atoms with Crippen LogP contribution in [-0.2, 0) is 16.6 Å². The molecule has 0 saturated heterocycles. The topological polar surface area (TPSA) is 53.4 Å². The van der Waals surface area contributed by atoms with Crippen molar-refractivity contribution >= 4 is 33.9 Å². The maximum Gasteiger partial charge on any atom is 0.330 e. The van der Waals surface area contributed by atoms with Crippen LogP contribution in [0, 0.1) is 0 Å². The highest BCUT2D eigenvalue weighted by Gasteiger charge is 2.12. The standard InChI is InChI=1S/C23H20N2O3/c1-3-27-22(26)12-9-17-15-25(2)20-7-4-8-21(23(17)20)28-18-10-11-19-16(14-18)6-5-13-24-19/h4-15H,3H2,1-2H3/b12-9+. The smallest absolute Gasteiger partial charge is 0.330 e. The molecule has 2 aromatic carbocycles. The Morgan fingerprint density at radius 1 is 1.18 bits per heavy atom. The number of pyridine rings is 1. The van der Waals surface area contributed by atoms with E-state index in [0.717, 1.165) is 38.9 Å². The molecule has 4 aromatic rings. The van der Waals surface area contributed by atoms with Crippen LogP contribution < -0.4 is 4.74 Å². The van der Waals surface area contributed by atoms with Gasteiger partial charge in [-0.2, -0.15) is 0 Å². The Balaban J connectivity index is 1.74. The van der Waals surface area contributed by atoms with Gasteiger partial charge in [-0.05, 0) is 49.4 Å². The van der Waals surface area contributed by atoms with Crippen LogP contribution in [0.1, 0.15) is 12.5 Å². The first-order chi connectivity index (χ1) is 13.7. The number of fused-ring (bicyclic) bond motifs is 2. The highest BCUT2D eigenvalue weighted by atomic mass is 16.5. The van der Waals surface area contributed by atoms with E-state index in [4.69, 9.17) is 9.47 Å². The van der Waals surface area contributed by atoms with Gasteiger partial charge in [0.1, 0.15) is 11.5 Å².